The molecule has 2 aromatic rings. The van der Waals surface area contributed by atoms with Gasteiger partial charge in [0.25, 0.3) is 0 Å². The topological polar surface area (TPSA) is 39.0 Å². The van der Waals surface area contributed by atoms with Crippen LogP contribution >= 0.6 is 0 Å². The normalized spacial score (nSPS) is 12.5. The van der Waals surface area contributed by atoms with Crippen molar-refractivity contribution in [3.05, 3.63) is 54.0 Å². The summed E-state index contributed by atoms with van der Waals surface area (Å²) in [6.45, 7) is 6.64. The van der Waals surface area contributed by atoms with E-state index in [-0.39, 0.29) is 0 Å². The molecule has 1 aromatic heterocycles. The molecule has 0 aliphatic heterocycles. The predicted molar refractivity (Wildman–Crippen MR) is 93.6 cm³/mol. The molecule has 1 heterocycles. The molecule has 2 N–H and O–H groups in total. The maximum atomic E-state index is 5.38. The van der Waals surface area contributed by atoms with Crippen LogP contribution in [0.1, 0.15) is 50.4 Å². The molecule has 0 fully saturated rings. The predicted octanol–water partition coefficient (Wildman–Crippen LogP) is 3.96. The Morgan fingerprint density at radius 3 is 2.43 bits per heavy atom. The molecule has 0 aliphatic rings. The average molecular weight is 316 g/mol. The van der Waals surface area contributed by atoms with Crippen molar-refractivity contribution in [3.8, 4) is 5.75 Å². The van der Waals surface area contributed by atoms with Gasteiger partial charge in [-0.1, -0.05) is 32.4 Å². The average Bonchev–Trinajstić information content (AvgIpc) is 3.07. The van der Waals surface area contributed by atoms with Crippen molar-refractivity contribution >= 4 is 0 Å². The van der Waals surface area contributed by atoms with Gasteiger partial charge in [-0.05, 0) is 48.1 Å². The highest BCUT2D eigenvalue weighted by molar-refractivity contribution is 5.29. The molecule has 23 heavy (non-hydrogen) atoms. The number of ether oxygens (including phenoxy) is 1. The summed E-state index contributed by atoms with van der Waals surface area (Å²) in [6.07, 6.45) is 5.46. The molecule has 0 unspecified atom stereocenters. The van der Waals surface area contributed by atoms with E-state index in [1.54, 1.807) is 13.4 Å². The van der Waals surface area contributed by atoms with Crippen molar-refractivity contribution in [2.24, 2.45) is 5.92 Å². The molecule has 3 nitrogen and oxygen atoms in total. The van der Waals surface area contributed by atoms with Crippen LogP contribution < -0.4 is 10.1 Å². The fourth-order valence-corrected chi connectivity index (χ4v) is 2.88. The fraction of sp³-hybridized carbons (Fsp3) is 0.500. The number of hydrogen-bond donors (Lipinski definition) is 1. The van der Waals surface area contributed by atoms with Crippen LogP contribution in [-0.4, -0.2) is 13.7 Å². The maximum Gasteiger partial charge on any atom is 0.157 e. The summed E-state index contributed by atoms with van der Waals surface area (Å²) >= 11 is 0. The molecule has 0 bridgehead atoms. The molecule has 0 spiro atoms. The maximum absolute atomic E-state index is 5.38. The second-order valence-electron chi connectivity index (χ2n) is 6.59. The van der Waals surface area contributed by atoms with E-state index in [9.17, 15) is 0 Å². The highest BCUT2D eigenvalue weighted by atomic mass is 16.5. The third-order valence-corrected chi connectivity index (χ3v) is 4.32. The summed E-state index contributed by atoms with van der Waals surface area (Å²) in [4.78, 5) is 0. The smallest absolute Gasteiger partial charge is 0.157 e. The number of benzene rings is 1. The van der Waals surface area contributed by atoms with Crippen LogP contribution in [0.4, 0.5) is 0 Å². The van der Waals surface area contributed by atoms with E-state index in [0.29, 0.717) is 5.92 Å². The molecule has 0 radical (unpaired) electrons. The van der Waals surface area contributed by atoms with Crippen molar-refractivity contribution in [2.75, 3.05) is 13.7 Å². The number of hydrogen-bond acceptors (Lipinski definition) is 2. The Balaban J connectivity index is 1.87. The lowest BCUT2D eigenvalue weighted by molar-refractivity contribution is -0.672. The van der Waals surface area contributed by atoms with Gasteiger partial charge in [0.2, 0.25) is 0 Å². The number of nitrogens with two attached hydrogens (primary N) is 1. The zero-order valence-corrected chi connectivity index (χ0v) is 14.6. The van der Waals surface area contributed by atoms with E-state index in [4.69, 9.17) is 9.15 Å². The SMILES string of the molecule is COc1ccc([C@@H](CC[NH2+]Cc2ccco2)CCC(C)C)cc1. The van der Waals surface area contributed by atoms with Crippen LogP contribution in [0.25, 0.3) is 0 Å². The molecular formula is C20H30NO2+. The van der Waals surface area contributed by atoms with Crippen molar-refractivity contribution < 1.29 is 14.5 Å². The molecular weight excluding hydrogens is 286 g/mol. The lowest BCUT2D eigenvalue weighted by atomic mass is 9.89. The van der Waals surface area contributed by atoms with Crippen LogP contribution in [-0.2, 0) is 6.54 Å². The summed E-state index contributed by atoms with van der Waals surface area (Å²) in [5, 5.41) is 2.34. The van der Waals surface area contributed by atoms with Crippen LogP contribution in [0.5, 0.6) is 5.75 Å². The van der Waals surface area contributed by atoms with E-state index in [2.05, 4.69) is 43.4 Å². The fourth-order valence-electron chi connectivity index (χ4n) is 2.88. The van der Waals surface area contributed by atoms with Gasteiger partial charge in [-0.15, -0.1) is 0 Å². The molecule has 0 aliphatic carbocycles. The van der Waals surface area contributed by atoms with Gasteiger partial charge in [0, 0.05) is 6.42 Å². The molecule has 1 atom stereocenters. The molecule has 126 valence electrons. The van der Waals surface area contributed by atoms with Gasteiger partial charge in [-0.2, -0.15) is 0 Å². The van der Waals surface area contributed by atoms with Gasteiger partial charge in [0.15, 0.2) is 5.76 Å². The highest BCUT2D eigenvalue weighted by Crippen LogP contribution is 2.27. The van der Waals surface area contributed by atoms with Gasteiger partial charge >= 0.3 is 0 Å². The van der Waals surface area contributed by atoms with E-state index < -0.39 is 0 Å². The van der Waals surface area contributed by atoms with Crippen LogP contribution in [0, 0.1) is 5.92 Å². The van der Waals surface area contributed by atoms with Crippen LogP contribution in [0.3, 0.4) is 0 Å². The second kappa shape index (κ2) is 9.41. The van der Waals surface area contributed by atoms with E-state index in [0.717, 1.165) is 30.5 Å². The van der Waals surface area contributed by atoms with E-state index >= 15 is 0 Å². The van der Waals surface area contributed by atoms with E-state index in [1.807, 2.05) is 12.1 Å². The molecule has 1 aromatic carbocycles. The second-order valence-corrected chi connectivity index (χ2v) is 6.59. The summed E-state index contributed by atoms with van der Waals surface area (Å²) in [5.41, 5.74) is 1.43. The quantitative estimate of drug-likeness (QED) is 0.674. The van der Waals surface area contributed by atoms with Gasteiger partial charge in [0.05, 0.1) is 19.9 Å². The lowest BCUT2D eigenvalue weighted by Gasteiger charge is -2.18. The monoisotopic (exact) mass is 316 g/mol. The number of methoxy groups -OCH3 is 1. The minimum absolute atomic E-state index is 0.621. The summed E-state index contributed by atoms with van der Waals surface area (Å²) in [5.74, 6) is 3.35. The van der Waals surface area contributed by atoms with Crippen molar-refractivity contribution in [1.82, 2.24) is 0 Å². The van der Waals surface area contributed by atoms with Crippen LogP contribution in [0.15, 0.2) is 47.1 Å². The molecule has 2 rings (SSSR count). The van der Waals surface area contributed by atoms with Gasteiger partial charge in [-0.25, -0.2) is 0 Å². The Labute approximate surface area is 140 Å². The summed E-state index contributed by atoms with van der Waals surface area (Å²) in [6, 6.07) is 12.6. The Kier molecular flexibility index (Phi) is 7.21. The molecule has 3 heteroatoms. The number of furan rings is 1. The minimum Gasteiger partial charge on any atom is -0.497 e. The Morgan fingerprint density at radius 1 is 1.04 bits per heavy atom. The van der Waals surface area contributed by atoms with Crippen LogP contribution in [0.2, 0.25) is 0 Å². The van der Waals surface area contributed by atoms with Crippen molar-refractivity contribution in [3.63, 3.8) is 0 Å². The molecule has 0 amide bonds. The summed E-state index contributed by atoms with van der Waals surface area (Å²) in [7, 11) is 1.72. The Bertz CT molecular complexity index is 531. The largest absolute Gasteiger partial charge is 0.497 e. The van der Waals surface area contributed by atoms with Crippen molar-refractivity contribution in [1.29, 1.82) is 0 Å². The van der Waals surface area contributed by atoms with Gasteiger partial charge in [-0.3, -0.25) is 0 Å². The van der Waals surface area contributed by atoms with Gasteiger partial charge < -0.3 is 14.5 Å². The Hall–Kier alpha value is -1.74. The third-order valence-electron chi connectivity index (χ3n) is 4.32. The van der Waals surface area contributed by atoms with Gasteiger partial charge in [0.1, 0.15) is 12.3 Å². The zero-order chi connectivity index (χ0) is 16.5. The summed E-state index contributed by atoms with van der Waals surface area (Å²) < 4.78 is 10.7. The minimum atomic E-state index is 0.621. The Morgan fingerprint density at radius 2 is 1.83 bits per heavy atom. The standard InChI is InChI=1S/C20H29NO2/c1-16(2)6-7-18(17-8-10-19(22-3)11-9-17)12-13-21-15-20-5-4-14-23-20/h4-5,8-11,14,16,18,21H,6-7,12-13,15H2,1-3H3/p+1/t18-/m1/s1. The first-order valence-corrected chi connectivity index (χ1v) is 8.67. The zero-order valence-electron chi connectivity index (χ0n) is 14.6. The van der Waals surface area contributed by atoms with E-state index in [1.165, 1.54) is 24.8 Å². The number of rotatable bonds is 10. The first kappa shape index (κ1) is 17.6. The lowest BCUT2D eigenvalue weighted by Crippen LogP contribution is -2.82. The highest BCUT2D eigenvalue weighted by Gasteiger charge is 2.13. The van der Waals surface area contributed by atoms with Crippen molar-refractivity contribution in [2.45, 2.75) is 45.6 Å². The first-order chi connectivity index (χ1) is 11.2. The molecule has 0 saturated carbocycles. The third kappa shape index (κ3) is 6.11. The first-order valence-electron chi connectivity index (χ1n) is 8.67. The molecule has 0 saturated heterocycles. The number of quaternary nitrogens is 1.